The molecule has 1 aromatic rings. The zero-order valence-electron chi connectivity index (χ0n) is 9.87. The van der Waals surface area contributed by atoms with E-state index in [1.807, 2.05) is 18.9 Å². The third-order valence-electron chi connectivity index (χ3n) is 2.45. The Bertz CT molecular complexity index is 331. The van der Waals surface area contributed by atoms with E-state index < -0.39 is 0 Å². The monoisotopic (exact) mass is 226 g/mol. The summed E-state index contributed by atoms with van der Waals surface area (Å²) in [6.07, 6.45) is 0. The van der Waals surface area contributed by atoms with Gasteiger partial charge >= 0.3 is 0 Å². The summed E-state index contributed by atoms with van der Waals surface area (Å²) in [5, 5.41) is 0. The summed E-state index contributed by atoms with van der Waals surface area (Å²) < 4.78 is 18.3. The van der Waals surface area contributed by atoms with Crippen LogP contribution in [0.2, 0.25) is 0 Å². The van der Waals surface area contributed by atoms with Gasteiger partial charge in [-0.3, -0.25) is 0 Å². The number of hydrogen-bond donors (Lipinski definition) is 1. The Morgan fingerprint density at radius 2 is 2.19 bits per heavy atom. The summed E-state index contributed by atoms with van der Waals surface area (Å²) in [4.78, 5) is 2.03. The van der Waals surface area contributed by atoms with Crippen LogP contribution >= 0.6 is 0 Å². The van der Waals surface area contributed by atoms with E-state index in [2.05, 4.69) is 0 Å². The van der Waals surface area contributed by atoms with Crippen molar-refractivity contribution in [3.05, 3.63) is 29.6 Å². The summed E-state index contributed by atoms with van der Waals surface area (Å²) in [7, 11) is 1.95. The Hall–Kier alpha value is -1.13. The zero-order chi connectivity index (χ0) is 12.0. The maximum absolute atomic E-state index is 13.0. The Morgan fingerprint density at radius 1 is 1.44 bits per heavy atom. The van der Waals surface area contributed by atoms with Crippen LogP contribution in [0.5, 0.6) is 0 Å². The fourth-order valence-electron chi connectivity index (χ4n) is 1.56. The smallest absolute Gasteiger partial charge is 0.123 e. The van der Waals surface area contributed by atoms with Crippen molar-refractivity contribution in [3.63, 3.8) is 0 Å². The molecule has 0 spiro atoms. The lowest BCUT2D eigenvalue weighted by Crippen LogP contribution is -2.24. The van der Waals surface area contributed by atoms with Gasteiger partial charge in [-0.15, -0.1) is 0 Å². The van der Waals surface area contributed by atoms with Crippen molar-refractivity contribution in [2.75, 3.05) is 31.7 Å². The van der Waals surface area contributed by atoms with Gasteiger partial charge < -0.3 is 15.4 Å². The van der Waals surface area contributed by atoms with Crippen molar-refractivity contribution in [1.29, 1.82) is 0 Å². The number of nitrogens with two attached hydrogens (primary N) is 1. The second kappa shape index (κ2) is 6.45. The summed E-state index contributed by atoms with van der Waals surface area (Å²) in [5.41, 5.74) is 7.37. The van der Waals surface area contributed by atoms with E-state index >= 15 is 0 Å². The van der Waals surface area contributed by atoms with Crippen LogP contribution in [0, 0.1) is 5.82 Å². The van der Waals surface area contributed by atoms with E-state index in [4.69, 9.17) is 10.5 Å². The van der Waals surface area contributed by atoms with E-state index in [0.717, 1.165) is 17.8 Å². The molecule has 0 bridgehead atoms. The molecule has 2 N–H and O–H groups in total. The van der Waals surface area contributed by atoms with Gasteiger partial charge in [-0.25, -0.2) is 4.39 Å². The average molecular weight is 226 g/mol. The Kier molecular flexibility index (Phi) is 5.22. The van der Waals surface area contributed by atoms with Crippen molar-refractivity contribution in [2.45, 2.75) is 13.5 Å². The first-order chi connectivity index (χ1) is 7.69. The third-order valence-corrected chi connectivity index (χ3v) is 2.45. The summed E-state index contributed by atoms with van der Waals surface area (Å²) in [6, 6.07) is 4.68. The molecule has 90 valence electrons. The van der Waals surface area contributed by atoms with Gasteiger partial charge in [0.15, 0.2) is 0 Å². The number of halogens is 1. The molecule has 0 aromatic heterocycles. The number of ether oxygens (including phenoxy) is 1. The summed E-state index contributed by atoms with van der Waals surface area (Å²) >= 11 is 0. The zero-order valence-corrected chi connectivity index (χ0v) is 9.87. The first-order valence-electron chi connectivity index (χ1n) is 5.46. The predicted octanol–water partition coefficient (Wildman–Crippen LogP) is 1.76. The third kappa shape index (κ3) is 3.47. The van der Waals surface area contributed by atoms with Gasteiger partial charge in [0.25, 0.3) is 0 Å². The summed E-state index contributed by atoms with van der Waals surface area (Å²) in [6.45, 7) is 4.44. The van der Waals surface area contributed by atoms with E-state index in [9.17, 15) is 4.39 Å². The van der Waals surface area contributed by atoms with Crippen LogP contribution in [0.25, 0.3) is 0 Å². The molecule has 0 saturated heterocycles. The lowest BCUT2D eigenvalue weighted by molar-refractivity contribution is 0.154. The topological polar surface area (TPSA) is 38.5 Å². The quantitative estimate of drug-likeness (QED) is 0.751. The van der Waals surface area contributed by atoms with Crippen LogP contribution in [-0.4, -0.2) is 26.8 Å². The van der Waals surface area contributed by atoms with Crippen LogP contribution in [0.15, 0.2) is 18.2 Å². The minimum Gasteiger partial charge on any atom is -0.380 e. The van der Waals surface area contributed by atoms with Gasteiger partial charge in [0.2, 0.25) is 0 Å². The van der Waals surface area contributed by atoms with Gasteiger partial charge in [-0.2, -0.15) is 0 Å². The molecule has 0 heterocycles. The number of anilines is 1. The molecular formula is C12H19FN2O. The number of benzene rings is 1. The minimum absolute atomic E-state index is 0.248. The highest BCUT2D eigenvalue weighted by atomic mass is 19.1. The van der Waals surface area contributed by atoms with E-state index in [1.165, 1.54) is 12.1 Å². The van der Waals surface area contributed by atoms with Crippen molar-refractivity contribution >= 4 is 5.69 Å². The normalized spacial score (nSPS) is 10.5. The van der Waals surface area contributed by atoms with Crippen molar-refractivity contribution in [2.24, 2.45) is 5.73 Å². The van der Waals surface area contributed by atoms with Crippen LogP contribution < -0.4 is 10.6 Å². The number of hydrogen-bond acceptors (Lipinski definition) is 3. The maximum atomic E-state index is 13.0. The predicted molar refractivity (Wildman–Crippen MR) is 64.1 cm³/mol. The Labute approximate surface area is 96.0 Å². The lowest BCUT2D eigenvalue weighted by atomic mass is 10.1. The molecule has 1 aromatic carbocycles. The fourth-order valence-corrected chi connectivity index (χ4v) is 1.56. The molecule has 0 aliphatic heterocycles. The highest BCUT2D eigenvalue weighted by Gasteiger charge is 2.07. The molecular weight excluding hydrogens is 207 g/mol. The summed E-state index contributed by atoms with van der Waals surface area (Å²) in [5.74, 6) is -0.248. The number of rotatable bonds is 6. The Morgan fingerprint density at radius 3 is 2.81 bits per heavy atom. The molecule has 0 aliphatic carbocycles. The first-order valence-corrected chi connectivity index (χ1v) is 5.46. The van der Waals surface area contributed by atoms with E-state index in [1.54, 1.807) is 6.07 Å². The van der Waals surface area contributed by atoms with Crippen LogP contribution in [0.1, 0.15) is 12.5 Å². The standard InChI is InChI=1S/C12H19FN2O/c1-3-16-7-6-15(2)12-5-4-11(13)8-10(12)9-14/h4-5,8H,3,6-7,9,14H2,1-2H3. The lowest BCUT2D eigenvalue weighted by Gasteiger charge is -2.22. The SMILES string of the molecule is CCOCCN(C)c1ccc(F)cc1CN. The molecule has 0 fully saturated rings. The van der Waals surface area contributed by atoms with E-state index in [-0.39, 0.29) is 5.82 Å². The first kappa shape index (κ1) is 12.9. The molecule has 4 heteroatoms. The van der Waals surface area contributed by atoms with Crippen LogP contribution in [-0.2, 0) is 11.3 Å². The maximum Gasteiger partial charge on any atom is 0.123 e. The Balaban J connectivity index is 2.70. The van der Waals surface area contributed by atoms with E-state index in [0.29, 0.717) is 19.8 Å². The molecule has 0 aliphatic rings. The van der Waals surface area contributed by atoms with Crippen LogP contribution in [0.4, 0.5) is 10.1 Å². The number of nitrogens with zero attached hydrogens (tertiary/aromatic N) is 1. The molecule has 0 saturated carbocycles. The van der Waals surface area contributed by atoms with Gasteiger partial charge in [0.1, 0.15) is 5.82 Å². The van der Waals surface area contributed by atoms with Gasteiger partial charge in [0, 0.05) is 32.4 Å². The minimum atomic E-state index is -0.248. The second-order valence-corrected chi connectivity index (χ2v) is 3.60. The molecule has 0 atom stereocenters. The molecule has 16 heavy (non-hydrogen) atoms. The van der Waals surface area contributed by atoms with Crippen molar-refractivity contribution < 1.29 is 9.13 Å². The fraction of sp³-hybridized carbons (Fsp3) is 0.500. The van der Waals surface area contributed by atoms with Crippen molar-refractivity contribution in [3.8, 4) is 0 Å². The molecule has 0 unspecified atom stereocenters. The molecule has 0 amide bonds. The largest absolute Gasteiger partial charge is 0.380 e. The highest BCUT2D eigenvalue weighted by molar-refractivity contribution is 5.53. The molecule has 1 rings (SSSR count). The molecule has 0 radical (unpaired) electrons. The van der Waals surface area contributed by atoms with Gasteiger partial charge in [-0.1, -0.05) is 0 Å². The van der Waals surface area contributed by atoms with Crippen LogP contribution in [0.3, 0.4) is 0 Å². The second-order valence-electron chi connectivity index (χ2n) is 3.60. The van der Waals surface area contributed by atoms with Gasteiger partial charge in [0.05, 0.1) is 6.61 Å². The highest BCUT2D eigenvalue weighted by Crippen LogP contribution is 2.19. The van der Waals surface area contributed by atoms with Gasteiger partial charge in [-0.05, 0) is 30.7 Å². The molecule has 3 nitrogen and oxygen atoms in total. The van der Waals surface area contributed by atoms with Crippen molar-refractivity contribution in [1.82, 2.24) is 0 Å². The number of likely N-dealkylation sites (N-methyl/N-ethyl adjacent to an activating group) is 1. The average Bonchev–Trinajstić information content (AvgIpc) is 2.29.